The highest BCUT2D eigenvalue weighted by Gasteiger charge is 2.46. The first-order valence-electron chi connectivity index (χ1n) is 11.9. The number of furan rings is 1. The molecule has 1 aliphatic heterocycles. The Balaban J connectivity index is 1.79. The zero-order valence-electron chi connectivity index (χ0n) is 20.2. The lowest BCUT2D eigenvalue weighted by atomic mass is 9.95. The van der Waals surface area contributed by atoms with E-state index in [0.29, 0.717) is 23.7 Å². The summed E-state index contributed by atoms with van der Waals surface area (Å²) in [7, 11) is 0. The van der Waals surface area contributed by atoms with Gasteiger partial charge in [-0.1, -0.05) is 12.1 Å². The molecule has 1 aromatic heterocycles. The maximum absolute atomic E-state index is 13.2. The van der Waals surface area contributed by atoms with Crippen LogP contribution in [0.15, 0.2) is 76.9 Å². The Bertz CT molecular complexity index is 1190. The number of hydrogen-bond donors (Lipinski definition) is 1. The maximum Gasteiger partial charge on any atom is 0.296 e. The molecule has 7 heteroatoms. The van der Waals surface area contributed by atoms with Crippen molar-refractivity contribution in [1.29, 1.82) is 0 Å². The van der Waals surface area contributed by atoms with Gasteiger partial charge in [-0.25, -0.2) is 0 Å². The quantitative estimate of drug-likeness (QED) is 0.262. The Labute approximate surface area is 205 Å². The molecule has 0 saturated carbocycles. The van der Waals surface area contributed by atoms with E-state index in [1.165, 1.54) is 11.2 Å². The fourth-order valence-corrected chi connectivity index (χ4v) is 4.45. The number of Topliss-reactive ketones (excluding diaryl/α,β-unsaturated/α-hetero) is 1. The molecule has 1 atom stereocenters. The fraction of sp³-hybridized carbons (Fsp3) is 0.286. The van der Waals surface area contributed by atoms with Gasteiger partial charge in [0.2, 0.25) is 0 Å². The third kappa shape index (κ3) is 4.80. The molecular formula is C28H30N2O5. The van der Waals surface area contributed by atoms with Gasteiger partial charge in [0.15, 0.2) is 0 Å². The van der Waals surface area contributed by atoms with Crippen LogP contribution in [-0.4, -0.2) is 41.4 Å². The van der Waals surface area contributed by atoms with Gasteiger partial charge < -0.3 is 24.1 Å². The Morgan fingerprint density at radius 2 is 1.69 bits per heavy atom. The summed E-state index contributed by atoms with van der Waals surface area (Å²) in [5.74, 6) is -0.401. The van der Waals surface area contributed by atoms with Crippen molar-refractivity contribution in [3.05, 3.63) is 89.4 Å². The van der Waals surface area contributed by atoms with Crippen LogP contribution in [-0.2, 0) is 16.1 Å². The molecule has 1 fully saturated rings. The van der Waals surface area contributed by atoms with Gasteiger partial charge in [0.1, 0.15) is 17.3 Å². The van der Waals surface area contributed by atoms with Crippen molar-refractivity contribution in [3.63, 3.8) is 0 Å². The Hall–Kier alpha value is -4.00. The van der Waals surface area contributed by atoms with Crippen molar-refractivity contribution in [2.75, 3.05) is 24.6 Å². The summed E-state index contributed by atoms with van der Waals surface area (Å²) in [4.78, 5) is 30.0. The topological polar surface area (TPSA) is 83.2 Å². The number of rotatable bonds is 9. The molecule has 0 unspecified atom stereocenters. The average molecular weight is 475 g/mol. The Morgan fingerprint density at radius 3 is 2.26 bits per heavy atom. The predicted molar refractivity (Wildman–Crippen MR) is 134 cm³/mol. The van der Waals surface area contributed by atoms with E-state index in [2.05, 4.69) is 18.7 Å². The molecule has 0 bridgehead atoms. The molecule has 1 N–H and O–H groups in total. The van der Waals surface area contributed by atoms with Crippen molar-refractivity contribution in [3.8, 4) is 5.75 Å². The molecule has 2 aromatic carbocycles. The van der Waals surface area contributed by atoms with Crippen molar-refractivity contribution in [1.82, 2.24) is 4.90 Å². The lowest BCUT2D eigenvalue weighted by Crippen LogP contribution is -2.29. The number of ketones is 1. The summed E-state index contributed by atoms with van der Waals surface area (Å²) in [5.41, 5.74) is 2.28. The molecule has 0 spiro atoms. The predicted octanol–water partition coefficient (Wildman–Crippen LogP) is 5.15. The van der Waals surface area contributed by atoms with Crippen LogP contribution < -0.4 is 9.64 Å². The zero-order chi connectivity index (χ0) is 24.9. The highest BCUT2D eigenvalue weighted by molar-refractivity contribution is 6.46. The maximum atomic E-state index is 13.2. The molecule has 0 radical (unpaired) electrons. The Morgan fingerprint density at radius 1 is 1.00 bits per heavy atom. The number of carbonyl (C=O) groups excluding carboxylic acids is 2. The first kappa shape index (κ1) is 24.1. The van der Waals surface area contributed by atoms with Gasteiger partial charge in [0.25, 0.3) is 11.7 Å². The van der Waals surface area contributed by atoms with Crippen LogP contribution in [0, 0.1) is 0 Å². The van der Waals surface area contributed by atoms with Crippen molar-refractivity contribution >= 4 is 23.1 Å². The summed E-state index contributed by atoms with van der Waals surface area (Å²) in [6, 6.07) is 17.3. The second kappa shape index (κ2) is 10.5. The number of hydrogen-bond acceptors (Lipinski definition) is 6. The summed E-state index contributed by atoms with van der Waals surface area (Å²) in [6.07, 6.45) is 1.53. The van der Waals surface area contributed by atoms with Crippen LogP contribution in [0.1, 0.15) is 43.7 Å². The molecule has 1 aliphatic rings. The van der Waals surface area contributed by atoms with E-state index in [-0.39, 0.29) is 17.9 Å². The second-order valence-corrected chi connectivity index (χ2v) is 8.23. The summed E-state index contributed by atoms with van der Waals surface area (Å²) >= 11 is 0. The van der Waals surface area contributed by atoms with Crippen LogP contribution in [0.5, 0.6) is 5.75 Å². The third-order valence-corrected chi connectivity index (χ3v) is 6.22. The summed E-state index contributed by atoms with van der Waals surface area (Å²) in [5, 5.41) is 11.2. The molecule has 4 rings (SSSR count). The minimum atomic E-state index is -0.752. The lowest BCUT2D eigenvalue weighted by molar-refractivity contribution is -0.140. The first-order chi connectivity index (χ1) is 17.0. The molecule has 2 heterocycles. The van der Waals surface area contributed by atoms with Gasteiger partial charge in [-0.05, 0) is 74.9 Å². The summed E-state index contributed by atoms with van der Waals surface area (Å²) < 4.78 is 10.9. The van der Waals surface area contributed by atoms with Crippen LogP contribution in [0.3, 0.4) is 0 Å². The zero-order valence-corrected chi connectivity index (χ0v) is 20.2. The average Bonchev–Trinajstić information content (AvgIpc) is 3.48. The highest BCUT2D eigenvalue weighted by Crippen LogP contribution is 2.41. The number of anilines is 1. The molecule has 182 valence electrons. The van der Waals surface area contributed by atoms with E-state index in [0.717, 1.165) is 24.3 Å². The minimum Gasteiger partial charge on any atom is -0.507 e. The van der Waals surface area contributed by atoms with E-state index in [1.807, 2.05) is 31.2 Å². The van der Waals surface area contributed by atoms with E-state index in [1.54, 1.807) is 36.4 Å². The van der Waals surface area contributed by atoms with E-state index < -0.39 is 17.7 Å². The first-order valence-corrected chi connectivity index (χ1v) is 11.9. The number of carbonyl (C=O) groups is 2. The fourth-order valence-electron chi connectivity index (χ4n) is 4.45. The number of aliphatic hydroxyl groups is 1. The van der Waals surface area contributed by atoms with Gasteiger partial charge in [-0.2, -0.15) is 0 Å². The summed E-state index contributed by atoms with van der Waals surface area (Å²) in [6.45, 7) is 8.43. The van der Waals surface area contributed by atoms with Gasteiger partial charge >= 0.3 is 0 Å². The number of amides is 1. The standard InChI is InChI=1S/C28H30N2O5/c1-4-29(5-2)21-13-9-19(10-14-21)25-24(26(31)20-11-15-22(16-12-20)34-6-3)27(32)28(33)30(25)18-23-8-7-17-35-23/h7-17,25,31H,4-6,18H2,1-3H3/t25-/m1/s1. The third-order valence-electron chi connectivity index (χ3n) is 6.22. The van der Waals surface area contributed by atoms with Crippen molar-refractivity contribution < 1.29 is 23.8 Å². The normalized spacial score (nSPS) is 17.1. The molecule has 1 saturated heterocycles. The highest BCUT2D eigenvalue weighted by atomic mass is 16.5. The van der Waals surface area contributed by atoms with E-state index in [4.69, 9.17) is 9.15 Å². The van der Waals surface area contributed by atoms with Gasteiger partial charge in [-0.3, -0.25) is 9.59 Å². The monoisotopic (exact) mass is 474 g/mol. The van der Waals surface area contributed by atoms with Crippen LogP contribution in [0.4, 0.5) is 5.69 Å². The SMILES string of the molecule is CCOc1ccc(C(O)=C2C(=O)C(=O)N(Cc3ccco3)[C@@H]2c2ccc(N(CC)CC)cc2)cc1. The van der Waals surface area contributed by atoms with Crippen molar-refractivity contribution in [2.45, 2.75) is 33.4 Å². The van der Waals surface area contributed by atoms with Crippen LogP contribution >= 0.6 is 0 Å². The molecule has 1 amide bonds. The number of ether oxygens (including phenoxy) is 1. The van der Waals surface area contributed by atoms with E-state index >= 15 is 0 Å². The molecule has 3 aromatic rings. The second-order valence-electron chi connectivity index (χ2n) is 8.23. The Kier molecular flexibility index (Phi) is 7.25. The largest absolute Gasteiger partial charge is 0.507 e. The van der Waals surface area contributed by atoms with Crippen LogP contribution in [0.2, 0.25) is 0 Å². The van der Waals surface area contributed by atoms with Crippen molar-refractivity contribution in [2.24, 2.45) is 0 Å². The number of aliphatic hydroxyl groups excluding tert-OH is 1. The molecule has 7 nitrogen and oxygen atoms in total. The van der Waals surface area contributed by atoms with Gasteiger partial charge in [-0.15, -0.1) is 0 Å². The number of likely N-dealkylation sites (tertiary alicyclic amines) is 1. The van der Waals surface area contributed by atoms with E-state index in [9.17, 15) is 14.7 Å². The molecular weight excluding hydrogens is 444 g/mol. The lowest BCUT2D eigenvalue weighted by Gasteiger charge is -2.26. The smallest absolute Gasteiger partial charge is 0.296 e. The molecule has 0 aliphatic carbocycles. The number of benzene rings is 2. The minimum absolute atomic E-state index is 0.0568. The molecule has 35 heavy (non-hydrogen) atoms. The van der Waals surface area contributed by atoms with Gasteiger partial charge in [0, 0.05) is 24.3 Å². The number of nitrogens with zero attached hydrogens (tertiary/aromatic N) is 2. The van der Waals surface area contributed by atoms with Gasteiger partial charge in [0.05, 0.1) is 31.0 Å². The van der Waals surface area contributed by atoms with Crippen LogP contribution in [0.25, 0.3) is 5.76 Å².